The zero-order chi connectivity index (χ0) is 23.1. The van der Waals surface area contributed by atoms with E-state index in [1.807, 2.05) is 42.5 Å². The number of aromatic nitrogens is 4. The summed E-state index contributed by atoms with van der Waals surface area (Å²) in [5, 5.41) is 22.3. The minimum Gasteiger partial charge on any atom is -0.503 e. The van der Waals surface area contributed by atoms with Crippen LogP contribution in [0.25, 0.3) is 28.0 Å². The topological polar surface area (TPSA) is 75.9 Å². The number of halogens is 4. The fraction of sp³-hybridized carbons (Fsp3) is 0. The van der Waals surface area contributed by atoms with Gasteiger partial charge in [0.25, 0.3) is 0 Å². The van der Waals surface area contributed by atoms with Crippen molar-refractivity contribution >= 4 is 56.5 Å². The van der Waals surface area contributed by atoms with Gasteiger partial charge in [-0.2, -0.15) is 0 Å². The maximum atomic E-state index is 13.7. The van der Waals surface area contributed by atoms with Crippen molar-refractivity contribution in [2.45, 2.75) is 0 Å². The van der Waals surface area contributed by atoms with E-state index in [0.29, 0.717) is 16.4 Å². The van der Waals surface area contributed by atoms with E-state index in [-0.39, 0.29) is 5.69 Å². The molecular formula is C23H13ClF2IN5O. The minimum absolute atomic E-state index is 0.0893. The molecule has 0 aliphatic carbocycles. The molecule has 0 amide bonds. The number of benzene rings is 3. The molecule has 2 N–H and O–H groups in total. The monoisotopic (exact) mass is 575 g/mol. The summed E-state index contributed by atoms with van der Waals surface area (Å²) in [4.78, 5) is 4.67. The number of phenolic OH excluding ortho intramolecular Hbond substituents is 1. The Balaban J connectivity index is 1.48. The molecule has 0 saturated heterocycles. The SMILES string of the molecule is Oc1c(F)cc(-n2cc(-c3ccc4c(Nc5ccc(Cl)c(I)c5)cccc4n3)nn2)cc1F. The van der Waals surface area contributed by atoms with Crippen molar-refractivity contribution in [2.75, 3.05) is 5.32 Å². The van der Waals surface area contributed by atoms with Crippen LogP contribution in [0.4, 0.5) is 20.2 Å². The van der Waals surface area contributed by atoms with E-state index in [1.165, 1.54) is 10.9 Å². The van der Waals surface area contributed by atoms with Crippen LogP contribution in [0.3, 0.4) is 0 Å². The fourth-order valence-electron chi connectivity index (χ4n) is 3.33. The van der Waals surface area contributed by atoms with Crippen LogP contribution in [-0.4, -0.2) is 25.1 Å². The predicted molar refractivity (Wildman–Crippen MR) is 131 cm³/mol. The number of nitrogens with zero attached hydrogens (tertiary/aromatic N) is 4. The van der Waals surface area contributed by atoms with Gasteiger partial charge >= 0.3 is 0 Å². The Morgan fingerprint density at radius 2 is 1.76 bits per heavy atom. The second-order valence-corrected chi connectivity index (χ2v) is 8.70. The molecule has 0 unspecified atom stereocenters. The Hall–Kier alpha value is -3.31. The van der Waals surface area contributed by atoms with E-state index < -0.39 is 17.4 Å². The highest BCUT2D eigenvalue weighted by atomic mass is 127. The molecule has 0 atom stereocenters. The van der Waals surface area contributed by atoms with Gasteiger partial charge in [-0.25, -0.2) is 18.4 Å². The molecule has 6 nitrogen and oxygen atoms in total. The Bertz CT molecular complexity index is 1500. The van der Waals surface area contributed by atoms with E-state index >= 15 is 0 Å². The van der Waals surface area contributed by atoms with E-state index in [0.717, 1.165) is 38.0 Å². The maximum absolute atomic E-state index is 13.7. The first-order chi connectivity index (χ1) is 15.9. The van der Waals surface area contributed by atoms with Crippen LogP contribution in [0.2, 0.25) is 5.02 Å². The van der Waals surface area contributed by atoms with Crippen molar-refractivity contribution in [1.29, 1.82) is 0 Å². The lowest BCUT2D eigenvalue weighted by atomic mass is 10.1. The number of anilines is 2. The molecule has 5 aromatic rings. The second-order valence-electron chi connectivity index (χ2n) is 7.13. The summed E-state index contributed by atoms with van der Waals surface area (Å²) in [6.45, 7) is 0. The zero-order valence-corrected chi connectivity index (χ0v) is 19.5. The van der Waals surface area contributed by atoms with E-state index in [2.05, 4.69) is 43.2 Å². The Labute approximate surface area is 205 Å². The number of hydrogen-bond donors (Lipinski definition) is 2. The van der Waals surface area contributed by atoms with Crippen molar-refractivity contribution in [3.8, 4) is 22.8 Å². The van der Waals surface area contributed by atoms with E-state index in [9.17, 15) is 13.9 Å². The van der Waals surface area contributed by atoms with Gasteiger partial charge in [0.15, 0.2) is 17.4 Å². The highest BCUT2D eigenvalue weighted by molar-refractivity contribution is 14.1. The molecular weight excluding hydrogens is 563 g/mol. The third-order valence-corrected chi connectivity index (χ3v) is 6.49. The smallest absolute Gasteiger partial charge is 0.187 e. The first kappa shape index (κ1) is 21.5. The molecule has 0 aliphatic heterocycles. The van der Waals surface area contributed by atoms with Crippen LogP contribution in [0.5, 0.6) is 5.75 Å². The first-order valence-corrected chi connectivity index (χ1v) is 11.1. The maximum Gasteiger partial charge on any atom is 0.187 e. The largest absolute Gasteiger partial charge is 0.503 e. The Morgan fingerprint density at radius 1 is 0.970 bits per heavy atom. The van der Waals surface area contributed by atoms with Gasteiger partial charge in [-0.05, 0) is 65.1 Å². The molecule has 33 heavy (non-hydrogen) atoms. The van der Waals surface area contributed by atoms with Gasteiger partial charge in [0.1, 0.15) is 5.69 Å². The molecule has 0 saturated carbocycles. The van der Waals surface area contributed by atoms with Crippen molar-refractivity contribution < 1.29 is 13.9 Å². The van der Waals surface area contributed by atoms with Gasteiger partial charge in [0.05, 0.1) is 28.1 Å². The molecule has 0 spiro atoms. The second kappa shape index (κ2) is 8.56. The average Bonchev–Trinajstić information content (AvgIpc) is 3.30. The van der Waals surface area contributed by atoms with Gasteiger partial charge in [0, 0.05) is 32.5 Å². The molecule has 3 aromatic carbocycles. The number of pyridine rings is 1. The third-order valence-electron chi connectivity index (χ3n) is 4.95. The molecule has 164 valence electrons. The normalized spacial score (nSPS) is 11.2. The fourth-order valence-corrected chi connectivity index (χ4v) is 3.96. The number of nitrogens with one attached hydrogen (secondary N) is 1. The molecule has 0 fully saturated rings. The quantitative estimate of drug-likeness (QED) is 0.240. The summed E-state index contributed by atoms with van der Waals surface area (Å²) in [5.41, 5.74) is 3.58. The van der Waals surface area contributed by atoms with Crippen molar-refractivity contribution in [1.82, 2.24) is 20.0 Å². The van der Waals surface area contributed by atoms with Crippen LogP contribution in [0.1, 0.15) is 0 Å². The number of hydrogen-bond acceptors (Lipinski definition) is 5. The molecule has 5 rings (SSSR count). The summed E-state index contributed by atoms with van der Waals surface area (Å²) in [6.07, 6.45) is 1.51. The van der Waals surface area contributed by atoms with Gasteiger partial charge in [-0.1, -0.05) is 22.9 Å². The van der Waals surface area contributed by atoms with Crippen molar-refractivity contribution in [2.24, 2.45) is 0 Å². The first-order valence-electron chi connectivity index (χ1n) is 9.62. The van der Waals surface area contributed by atoms with Crippen molar-refractivity contribution in [3.05, 3.63) is 87.1 Å². The molecule has 0 bridgehead atoms. The van der Waals surface area contributed by atoms with Crippen LogP contribution in [0, 0.1) is 15.2 Å². The Kier molecular flexibility index (Phi) is 5.59. The van der Waals surface area contributed by atoms with Crippen LogP contribution in [0.15, 0.2) is 66.9 Å². The van der Waals surface area contributed by atoms with Crippen LogP contribution < -0.4 is 5.32 Å². The van der Waals surface area contributed by atoms with E-state index in [1.54, 1.807) is 6.07 Å². The summed E-state index contributed by atoms with van der Waals surface area (Å²) in [6, 6.07) is 17.1. The van der Waals surface area contributed by atoms with Crippen molar-refractivity contribution in [3.63, 3.8) is 0 Å². The molecule has 0 radical (unpaired) electrons. The van der Waals surface area contributed by atoms with E-state index in [4.69, 9.17) is 11.6 Å². The summed E-state index contributed by atoms with van der Waals surface area (Å²) in [5.74, 6) is -3.20. The number of phenols is 1. The molecule has 0 aliphatic rings. The zero-order valence-electron chi connectivity index (χ0n) is 16.6. The van der Waals surface area contributed by atoms with Gasteiger partial charge in [-0.3, -0.25) is 0 Å². The number of fused-ring (bicyclic) bond motifs is 1. The summed E-state index contributed by atoms with van der Waals surface area (Å²) in [7, 11) is 0. The Morgan fingerprint density at radius 3 is 2.52 bits per heavy atom. The molecule has 10 heteroatoms. The predicted octanol–water partition coefficient (Wildman–Crippen LogP) is 6.47. The summed E-state index contributed by atoms with van der Waals surface area (Å²) >= 11 is 8.29. The number of rotatable bonds is 4. The lowest BCUT2D eigenvalue weighted by Crippen LogP contribution is -1.97. The highest BCUT2D eigenvalue weighted by Crippen LogP contribution is 2.30. The lowest BCUT2D eigenvalue weighted by molar-refractivity contribution is 0.395. The molecule has 2 heterocycles. The standard InChI is InChI=1S/C23H13ClF2IN5O/c24-15-6-4-12(8-18(15)27)28-19-2-1-3-20-14(19)5-7-21(29-20)22-11-32(31-30-22)13-9-16(25)23(33)17(26)10-13/h1-11,28,33H. The molecule has 2 aromatic heterocycles. The summed E-state index contributed by atoms with van der Waals surface area (Å²) < 4.78 is 29.5. The number of aromatic hydroxyl groups is 1. The lowest BCUT2D eigenvalue weighted by Gasteiger charge is -2.11. The minimum atomic E-state index is -1.08. The third kappa shape index (κ3) is 4.21. The van der Waals surface area contributed by atoms with Crippen LogP contribution in [-0.2, 0) is 0 Å². The van der Waals surface area contributed by atoms with Gasteiger partial charge < -0.3 is 10.4 Å². The van der Waals surface area contributed by atoms with Gasteiger partial charge in [-0.15, -0.1) is 5.10 Å². The average molecular weight is 576 g/mol. The van der Waals surface area contributed by atoms with Gasteiger partial charge in [0.2, 0.25) is 0 Å². The van der Waals surface area contributed by atoms with Crippen LogP contribution >= 0.6 is 34.2 Å². The highest BCUT2D eigenvalue weighted by Gasteiger charge is 2.14.